The zero-order valence-electron chi connectivity index (χ0n) is 14.0. The average Bonchev–Trinajstić information content (AvgIpc) is 2.52. The molecule has 0 atom stereocenters. The molecule has 0 saturated carbocycles. The van der Waals surface area contributed by atoms with Crippen LogP contribution in [-0.2, 0) is 10.5 Å². The maximum absolute atomic E-state index is 13.5. The molecule has 24 heavy (non-hydrogen) atoms. The third-order valence-corrected chi connectivity index (χ3v) is 4.32. The van der Waals surface area contributed by atoms with Crippen molar-refractivity contribution in [3.8, 4) is 5.75 Å². The minimum absolute atomic E-state index is 0.0691. The van der Waals surface area contributed by atoms with Crippen LogP contribution in [0.25, 0.3) is 0 Å². The number of carbonyl (C=O) groups excluding carboxylic acids is 1. The number of nitrogens with one attached hydrogen (secondary N) is 1. The lowest BCUT2D eigenvalue weighted by molar-refractivity contribution is -0.118. The zero-order chi connectivity index (χ0) is 17.4. The van der Waals surface area contributed by atoms with Gasteiger partial charge in [-0.3, -0.25) is 4.79 Å². The van der Waals surface area contributed by atoms with E-state index in [0.29, 0.717) is 30.2 Å². The van der Waals surface area contributed by atoms with Gasteiger partial charge in [0.25, 0.3) is 0 Å². The summed E-state index contributed by atoms with van der Waals surface area (Å²) in [5.41, 5.74) is 2.92. The van der Waals surface area contributed by atoms with E-state index in [9.17, 15) is 9.18 Å². The molecular formula is C19H22FNO2S. The number of thioether (sulfide) groups is 1. The fraction of sp³-hybridized carbons (Fsp3) is 0.316. The maximum Gasteiger partial charge on any atom is 0.230 e. The van der Waals surface area contributed by atoms with Gasteiger partial charge in [-0.1, -0.05) is 24.3 Å². The van der Waals surface area contributed by atoms with Crippen LogP contribution in [0.2, 0.25) is 0 Å². The first kappa shape index (κ1) is 18.3. The molecule has 2 aromatic carbocycles. The molecule has 2 rings (SSSR count). The standard InChI is InChI=1S/C19H22FNO2S/c1-14-9-15(2)11-17(10-14)23-8-7-21-19(22)13-24-12-16-5-3-4-6-18(16)20/h3-6,9-11H,7-8,12-13H2,1-2H3,(H,21,22). The largest absolute Gasteiger partial charge is 0.492 e. The molecule has 0 bridgehead atoms. The lowest BCUT2D eigenvalue weighted by Gasteiger charge is -2.09. The smallest absolute Gasteiger partial charge is 0.230 e. The molecule has 1 N–H and O–H groups in total. The lowest BCUT2D eigenvalue weighted by atomic mass is 10.1. The van der Waals surface area contributed by atoms with Crippen LogP contribution in [0.15, 0.2) is 42.5 Å². The van der Waals surface area contributed by atoms with Gasteiger partial charge in [0.1, 0.15) is 18.2 Å². The Morgan fingerprint density at radius 1 is 1.17 bits per heavy atom. The Hall–Kier alpha value is -2.01. The van der Waals surface area contributed by atoms with Gasteiger partial charge in [-0.2, -0.15) is 0 Å². The molecule has 0 unspecified atom stereocenters. The predicted molar refractivity (Wildman–Crippen MR) is 97.0 cm³/mol. The van der Waals surface area contributed by atoms with Gasteiger partial charge in [-0.15, -0.1) is 11.8 Å². The van der Waals surface area contributed by atoms with Gasteiger partial charge < -0.3 is 10.1 Å². The molecule has 0 saturated heterocycles. The van der Waals surface area contributed by atoms with Crippen molar-refractivity contribution in [3.05, 3.63) is 65.0 Å². The van der Waals surface area contributed by atoms with Gasteiger partial charge >= 0.3 is 0 Å². The first-order valence-corrected chi connectivity index (χ1v) is 8.99. The van der Waals surface area contributed by atoms with Crippen molar-refractivity contribution in [2.24, 2.45) is 0 Å². The maximum atomic E-state index is 13.5. The molecular weight excluding hydrogens is 325 g/mol. The highest BCUT2D eigenvalue weighted by Gasteiger charge is 2.04. The summed E-state index contributed by atoms with van der Waals surface area (Å²) >= 11 is 1.39. The van der Waals surface area contributed by atoms with Crippen LogP contribution in [0.1, 0.15) is 16.7 Å². The number of aryl methyl sites for hydroxylation is 2. The van der Waals surface area contributed by atoms with Crippen LogP contribution < -0.4 is 10.1 Å². The van der Waals surface area contributed by atoms with E-state index in [1.807, 2.05) is 26.0 Å². The quantitative estimate of drug-likeness (QED) is 0.737. The van der Waals surface area contributed by atoms with E-state index in [4.69, 9.17) is 4.74 Å². The van der Waals surface area contributed by atoms with Crippen LogP contribution in [-0.4, -0.2) is 24.8 Å². The van der Waals surface area contributed by atoms with Crippen molar-refractivity contribution >= 4 is 17.7 Å². The summed E-state index contributed by atoms with van der Waals surface area (Å²) in [4.78, 5) is 11.8. The molecule has 0 aliphatic carbocycles. The van der Waals surface area contributed by atoms with Crippen molar-refractivity contribution in [3.63, 3.8) is 0 Å². The van der Waals surface area contributed by atoms with Crippen molar-refractivity contribution in [2.45, 2.75) is 19.6 Å². The van der Waals surface area contributed by atoms with Gasteiger partial charge in [0.05, 0.1) is 12.3 Å². The minimum Gasteiger partial charge on any atom is -0.492 e. The molecule has 128 valence electrons. The van der Waals surface area contributed by atoms with E-state index in [0.717, 1.165) is 16.9 Å². The third-order valence-electron chi connectivity index (χ3n) is 3.34. The number of rotatable bonds is 8. The topological polar surface area (TPSA) is 38.3 Å². The SMILES string of the molecule is Cc1cc(C)cc(OCCNC(=O)CSCc2ccccc2F)c1. The monoisotopic (exact) mass is 347 g/mol. The molecule has 0 fully saturated rings. The summed E-state index contributed by atoms with van der Waals surface area (Å²) in [5, 5.41) is 2.80. The van der Waals surface area contributed by atoms with Crippen LogP contribution >= 0.6 is 11.8 Å². The van der Waals surface area contributed by atoms with Crippen LogP contribution in [0.4, 0.5) is 4.39 Å². The minimum atomic E-state index is -0.229. The molecule has 3 nitrogen and oxygen atoms in total. The predicted octanol–water partition coefficient (Wildman–Crippen LogP) is 3.87. The highest BCUT2D eigenvalue weighted by atomic mass is 32.2. The molecule has 2 aromatic rings. The molecule has 0 aromatic heterocycles. The molecule has 0 aliphatic heterocycles. The Kier molecular flexibility index (Phi) is 7.12. The normalized spacial score (nSPS) is 10.5. The number of halogens is 1. The number of ether oxygens (including phenoxy) is 1. The second-order valence-electron chi connectivity index (χ2n) is 5.61. The fourth-order valence-corrected chi connectivity index (χ4v) is 3.14. The number of hydrogen-bond donors (Lipinski definition) is 1. The Morgan fingerprint density at radius 3 is 2.58 bits per heavy atom. The fourth-order valence-electron chi connectivity index (χ4n) is 2.30. The lowest BCUT2D eigenvalue weighted by Crippen LogP contribution is -2.29. The van der Waals surface area contributed by atoms with E-state index in [-0.39, 0.29) is 11.7 Å². The third kappa shape index (κ3) is 6.24. The molecule has 5 heteroatoms. The van der Waals surface area contributed by atoms with Gasteiger partial charge in [-0.05, 0) is 48.7 Å². The average molecular weight is 347 g/mol. The van der Waals surface area contributed by atoms with Gasteiger partial charge in [0.15, 0.2) is 0 Å². The van der Waals surface area contributed by atoms with E-state index >= 15 is 0 Å². The number of benzene rings is 2. The van der Waals surface area contributed by atoms with E-state index < -0.39 is 0 Å². The zero-order valence-corrected chi connectivity index (χ0v) is 14.8. The van der Waals surface area contributed by atoms with Crippen molar-refractivity contribution in [1.82, 2.24) is 5.32 Å². The van der Waals surface area contributed by atoms with Crippen molar-refractivity contribution < 1.29 is 13.9 Å². The van der Waals surface area contributed by atoms with Crippen LogP contribution in [0.3, 0.4) is 0 Å². The Morgan fingerprint density at radius 2 is 1.88 bits per heavy atom. The molecule has 0 aliphatic rings. The van der Waals surface area contributed by atoms with Gasteiger partial charge in [-0.25, -0.2) is 4.39 Å². The second-order valence-corrected chi connectivity index (χ2v) is 6.59. The molecule has 0 radical (unpaired) electrons. The summed E-state index contributed by atoms with van der Waals surface area (Å²) in [5.74, 6) is 1.31. The molecule has 0 spiro atoms. The van der Waals surface area contributed by atoms with Crippen LogP contribution in [0, 0.1) is 19.7 Å². The first-order chi connectivity index (χ1) is 11.5. The van der Waals surface area contributed by atoms with E-state index in [2.05, 4.69) is 11.4 Å². The molecule has 1 amide bonds. The number of amides is 1. The summed E-state index contributed by atoms with van der Waals surface area (Å²) in [6.07, 6.45) is 0. The van der Waals surface area contributed by atoms with E-state index in [1.54, 1.807) is 18.2 Å². The first-order valence-electron chi connectivity index (χ1n) is 7.83. The second kappa shape index (κ2) is 9.33. The van der Waals surface area contributed by atoms with Gasteiger partial charge in [0.2, 0.25) is 5.91 Å². The Balaban J connectivity index is 1.62. The van der Waals surface area contributed by atoms with E-state index in [1.165, 1.54) is 17.8 Å². The summed E-state index contributed by atoms with van der Waals surface area (Å²) < 4.78 is 19.1. The summed E-state index contributed by atoms with van der Waals surface area (Å²) in [7, 11) is 0. The Labute approximate surface area is 146 Å². The molecule has 0 heterocycles. The highest BCUT2D eigenvalue weighted by molar-refractivity contribution is 7.99. The number of hydrogen-bond acceptors (Lipinski definition) is 3. The highest BCUT2D eigenvalue weighted by Crippen LogP contribution is 2.16. The summed E-state index contributed by atoms with van der Waals surface area (Å²) in [6, 6.07) is 12.6. The van der Waals surface area contributed by atoms with Crippen LogP contribution in [0.5, 0.6) is 5.75 Å². The number of carbonyl (C=O) groups is 1. The van der Waals surface area contributed by atoms with Crippen molar-refractivity contribution in [2.75, 3.05) is 18.9 Å². The van der Waals surface area contributed by atoms with Crippen molar-refractivity contribution in [1.29, 1.82) is 0 Å². The Bertz CT molecular complexity index is 671. The van der Waals surface area contributed by atoms with Gasteiger partial charge in [0, 0.05) is 5.75 Å². The summed E-state index contributed by atoms with van der Waals surface area (Å²) in [6.45, 7) is 4.92.